The molecular formula is C78H152O17P2. The molecule has 0 aromatic carbocycles. The van der Waals surface area contributed by atoms with Gasteiger partial charge in [0.05, 0.1) is 26.4 Å². The Hall–Kier alpha value is -1.94. The maximum absolute atomic E-state index is 13.1. The lowest BCUT2D eigenvalue weighted by Gasteiger charge is -2.21. The van der Waals surface area contributed by atoms with Gasteiger partial charge in [0.1, 0.15) is 19.3 Å². The van der Waals surface area contributed by atoms with Gasteiger partial charge in [-0.15, -0.1) is 0 Å². The fourth-order valence-electron chi connectivity index (χ4n) is 12.0. The Kier molecular flexibility index (Phi) is 67.1. The summed E-state index contributed by atoms with van der Waals surface area (Å²) in [5, 5.41) is 10.6. The van der Waals surface area contributed by atoms with Gasteiger partial charge >= 0.3 is 39.5 Å². The minimum Gasteiger partial charge on any atom is -0.462 e. The quantitative estimate of drug-likeness (QED) is 0.0222. The molecule has 0 fully saturated rings. The zero-order chi connectivity index (χ0) is 71.6. The standard InChI is InChI=1S/C78H152O17P2/c1-8-9-10-11-12-13-14-15-16-22-28-33-38-47-54-62-78(83)95-74(66-89-76(81)60-53-46-41-40-44-51-58-71(6)7)68-93-97(86,87)91-64-72(79)63-90-96(84,85)92-67-73(65-88-75(80)59-52-45-37-32-27-24-19-21-26-31-36-43-50-57-70(4)5)94-77(82)61-55-48-39-34-29-23-18-17-20-25-30-35-42-49-56-69(2)3/h69-74,79H,8-68H2,1-7H3,(H,84,85)(H,86,87)/t72-,73-,74-/m1/s1. The number of hydrogen-bond acceptors (Lipinski definition) is 15. The van der Waals surface area contributed by atoms with Gasteiger partial charge in [-0.1, -0.05) is 350 Å². The number of phosphoric acid groups is 2. The Balaban J connectivity index is 5.24. The Bertz CT molecular complexity index is 1890. The lowest BCUT2D eigenvalue weighted by atomic mass is 10.0. The van der Waals surface area contributed by atoms with Crippen LogP contribution in [0.3, 0.4) is 0 Å². The zero-order valence-electron chi connectivity index (χ0n) is 63.5. The highest BCUT2D eigenvalue weighted by Crippen LogP contribution is 2.45. The summed E-state index contributed by atoms with van der Waals surface area (Å²) in [5.41, 5.74) is 0. The van der Waals surface area contributed by atoms with E-state index in [1.54, 1.807) is 0 Å². The molecule has 576 valence electrons. The molecule has 0 aliphatic heterocycles. The first-order valence-corrected chi connectivity index (χ1v) is 43.3. The molecule has 0 rings (SSSR count). The Morgan fingerprint density at radius 2 is 0.474 bits per heavy atom. The number of rotatable bonds is 76. The predicted molar refractivity (Wildman–Crippen MR) is 395 cm³/mol. The largest absolute Gasteiger partial charge is 0.472 e. The van der Waals surface area contributed by atoms with Gasteiger partial charge in [-0.2, -0.15) is 0 Å². The number of esters is 4. The summed E-state index contributed by atoms with van der Waals surface area (Å²) in [7, 11) is -9.92. The summed E-state index contributed by atoms with van der Waals surface area (Å²) in [6.07, 6.45) is 55.6. The van der Waals surface area contributed by atoms with Gasteiger partial charge < -0.3 is 33.8 Å². The fourth-order valence-corrected chi connectivity index (χ4v) is 13.5. The highest BCUT2D eigenvalue weighted by Gasteiger charge is 2.30. The van der Waals surface area contributed by atoms with Gasteiger partial charge in [0.15, 0.2) is 12.2 Å². The molecule has 0 aliphatic carbocycles. The van der Waals surface area contributed by atoms with Crippen molar-refractivity contribution in [3.8, 4) is 0 Å². The summed E-state index contributed by atoms with van der Waals surface area (Å²) in [4.78, 5) is 72.9. The minimum atomic E-state index is -4.96. The lowest BCUT2D eigenvalue weighted by molar-refractivity contribution is -0.161. The van der Waals surface area contributed by atoms with E-state index < -0.39 is 97.5 Å². The van der Waals surface area contributed by atoms with E-state index in [9.17, 15) is 43.2 Å². The monoisotopic (exact) mass is 1420 g/mol. The van der Waals surface area contributed by atoms with Crippen molar-refractivity contribution >= 4 is 39.5 Å². The minimum absolute atomic E-state index is 0.107. The highest BCUT2D eigenvalue weighted by molar-refractivity contribution is 7.47. The second-order valence-electron chi connectivity index (χ2n) is 29.5. The van der Waals surface area contributed by atoms with Crippen LogP contribution in [0, 0.1) is 17.8 Å². The zero-order valence-corrected chi connectivity index (χ0v) is 65.3. The molecule has 5 atom stereocenters. The number of carbonyl (C=O) groups excluding carboxylic acids is 4. The van der Waals surface area contributed by atoms with Crippen molar-refractivity contribution < 1.29 is 80.2 Å². The third kappa shape index (κ3) is 72.2. The van der Waals surface area contributed by atoms with Crippen LogP contribution in [-0.4, -0.2) is 96.7 Å². The first-order valence-electron chi connectivity index (χ1n) is 40.3. The third-order valence-electron chi connectivity index (χ3n) is 18.1. The van der Waals surface area contributed by atoms with Crippen LogP contribution >= 0.6 is 15.6 Å². The van der Waals surface area contributed by atoms with Gasteiger partial charge in [-0.05, 0) is 43.4 Å². The van der Waals surface area contributed by atoms with Crippen LogP contribution < -0.4 is 0 Å². The molecule has 0 radical (unpaired) electrons. The number of carbonyl (C=O) groups is 4. The van der Waals surface area contributed by atoms with Gasteiger partial charge in [-0.25, -0.2) is 9.13 Å². The molecule has 0 bridgehead atoms. The highest BCUT2D eigenvalue weighted by atomic mass is 31.2. The molecule has 0 saturated heterocycles. The van der Waals surface area contributed by atoms with Crippen molar-refractivity contribution in [2.24, 2.45) is 17.8 Å². The fraction of sp³-hybridized carbons (Fsp3) is 0.949. The van der Waals surface area contributed by atoms with Crippen LogP contribution in [0.5, 0.6) is 0 Å². The number of phosphoric ester groups is 2. The van der Waals surface area contributed by atoms with Gasteiger partial charge in [-0.3, -0.25) is 37.3 Å². The lowest BCUT2D eigenvalue weighted by Crippen LogP contribution is -2.30. The molecule has 0 aromatic rings. The van der Waals surface area contributed by atoms with E-state index in [0.29, 0.717) is 31.6 Å². The van der Waals surface area contributed by atoms with E-state index in [1.165, 1.54) is 205 Å². The normalized spacial score (nSPS) is 14.0. The van der Waals surface area contributed by atoms with E-state index in [1.807, 2.05) is 0 Å². The molecule has 2 unspecified atom stereocenters. The Labute approximate surface area is 594 Å². The molecule has 17 nitrogen and oxygen atoms in total. The molecule has 19 heteroatoms. The van der Waals surface area contributed by atoms with Crippen LogP contribution in [0.1, 0.15) is 402 Å². The Morgan fingerprint density at radius 1 is 0.278 bits per heavy atom. The van der Waals surface area contributed by atoms with Crippen molar-refractivity contribution in [2.75, 3.05) is 39.6 Å². The number of unbranched alkanes of at least 4 members (excludes halogenated alkanes) is 44. The van der Waals surface area contributed by atoms with Crippen molar-refractivity contribution in [3.05, 3.63) is 0 Å². The van der Waals surface area contributed by atoms with E-state index in [0.717, 1.165) is 108 Å². The van der Waals surface area contributed by atoms with Gasteiger partial charge in [0.2, 0.25) is 0 Å². The van der Waals surface area contributed by atoms with Crippen molar-refractivity contribution in [2.45, 2.75) is 420 Å². The number of aliphatic hydroxyl groups excluding tert-OH is 1. The molecule has 0 aliphatic rings. The van der Waals surface area contributed by atoms with E-state index in [-0.39, 0.29) is 25.7 Å². The average molecular weight is 1420 g/mol. The maximum Gasteiger partial charge on any atom is 0.472 e. The third-order valence-corrected chi connectivity index (χ3v) is 20.0. The molecule has 0 amide bonds. The van der Waals surface area contributed by atoms with Crippen LogP contribution in [-0.2, 0) is 65.4 Å². The number of hydrogen-bond donors (Lipinski definition) is 3. The maximum atomic E-state index is 13.1. The first kappa shape index (κ1) is 95.1. The molecule has 97 heavy (non-hydrogen) atoms. The van der Waals surface area contributed by atoms with E-state index >= 15 is 0 Å². The second-order valence-corrected chi connectivity index (χ2v) is 32.4. The molecule has 3 N–H and O–H groups in total. The van der Waals surface area contributed by atoms with Crippen molar-refractivity contribution in [3.63, 3.8) is 0 Å². The topological polar surface area (TPSA) is 237 Å². The summed E-state index contributed by atoms with van der Waals surface area (Å²) >= 11 is 0. The van der Waals surface area contributed by atoms with Crippen molar-refractivity contribution in [1.82, 2.24) is 0 Å². The second kappa shape index (κ2) is 68.5. The Morgan fingerprint density at radius 3 is 0.701 bits per heavy atom. The molecular weight excluding hydrogens is 1270 g/mol. The first-order chi connectivity index (χ1) is 46.7. The molecule has 0 spiro atoms. The summed E-state index contributed by atoms with van der Waals surface area (Å²) in [6.45, 7) is 11.9. The predicted octanol–water partition coefficient (Wildman–Crippen LogP) is 23.0. The number of aliphatic hydroxyl groups is 1. The molecule has 0 heterocycles. The van der Waals surface area contributed by atoms with Crippen LogP contribution in [0.25, 0.3) is 0 Å². The van der Waals surface area contributed by atoms with E-state index in [4.69, 9.17) is 37.0 Å². The average Bonchev–Trinajstić information content (AvgIpc) is 1.55. The smallest absolute Gasteiger partial charge is 0.462 e. The molecule has 0 saturated carbocycles. The van der Waals surface area contributed by atoms with Gasteiger partial charge in [0.25, 0.3) is 0 Å². The SMILES string of the molecule is CCCCCCCCCCCCCCCCCC(=O)O[C@H](COC(=O)CCCCCCCCC(C)C)COP(=O)(O)OC[C@H](O)COP(=O)(O)OC[C@@H](COC(=O)CCCCCCCCCCCCCCCC(C)C)OC(=O)CCCCCCCCCCCCCCCCC(C)C. The summed E-state index contributed by atoms with van der Waals surface area (Å²) < 4.78 is 68.6. The number of ether oxygens (including phenoxy) is 4. The summed E-state index contributed by atoms with van der Waals surface area (Å²) in [5.74, 6) is 0.150. The van der Waals surface area contributed by atoms with E-state index in [2.05, 4.69) is 48.5 Å². The van der Waals surface area contributed by atoms with Crippen molar-refractivity contribution in [1.29, 1.82) is 0 Å². The molecule has 0 aromatic heterocycles. The van der Waals surface area contributed by atoms with Crippen LogP contribution in [0.2, 0.25) is 0 Å². The van der Waals surface area contributed by atoms with Crippen LogP contribution in [0.4, 0.5) is 0 Å². The van der Waals surface area contributed by atoms with Gasteiger partial charge in [0, 0.05) is 25.7 Å². The summed E-state index contributed by atoms with van der Waals surface area (Å²) in [6, 6.07) is 0. The van der Waals surface area contributed by atoms with Crippen LogP contribution in [0.15, 0.2) is 0 Å².